The molecule has 3 heteroatoms. The number of hydrogen-bond donors (Lipinski definition) is 0. The first-order valence-corrected chi connectivity index (χ1v) is 5.75. The maximum Gasteiger partial charge on any atom is 0.316 e. The van der Waals surface area contributed by atoms with Crippen LogP contribution in [-0.2, 0) is 9.53 Å². The third kappa shape index (κ3) is 3.16. The van der Waals surface area contributed by atoms with E-state index in [9.17, 15) is 9.59 Å². The van der Waals surface area contributed by atoms with Crippen LogP contribution in [0.25, 0.3) is 0 Å². The number of benzene rings is 1. The number of ether oxygens (including phenoxy) is 1. The van der Waals surface area contributed by atoms with Crippen LogP contribution in [-0.4, -0.2) is 18.4 Å². The number of rotatable bonds is 4. The van der Waals surface area contributed by atoms with Crippen LogP contribution in [0.2, 0.25) is 0 Å². The van der Waals surface area contributed by atoms with Gasteiger partial charge in [0.15, 0.2) is 5.78 Å². The number of Topliss-reactive ketones (excluding diaryl/α,β-unsaturated/α-hetero) is 1. The van der Waals surface area contributed by atoms with Gasteiger partial charge in [0.1, 0.15) is 5.92 Å². The quantitative estimate of drug-likeness (QED) is 0.457. The van der Waals surface area contributed by atoms with Crippen LogP contribution in [0.5, 0.6) is 0 Å². The molecule has 0 heterocycles. The zero-order chi connectivity index (χ0) is 13.0. The fourth-order valence-corrected chi connectivity index (χ4v) is 1.52. The van der Waals surface area contributed by atoms with E-state index in [2.05, 4.69) is 0 Å². The third-order valence-corrected chi connectivity index (χ3v) is 2.82. The summed E-state index contributed by atoms with van der Waals surface area (Å²) >= 11 is 0. The molecule has 0 amide bonds. The van der Waals surface area contributed by atoms with E-state index in [1.807, 2.05) is 26.0 Å². The highest BCUT2D eigenvalue weighted by Gasteiger charge is 2.23. The Morgan fingerprint density at radius 1 is 1.24 bits per heavy atom. The molecule has 17 heavy (non-hydrogen) atoms. The van der Waals surface area contributed by atoms with Crippen LogP contribution in [0.3, 0.4) is 0 Å². The molecule has 1 rings (SSSR count). The Balaban J connectivity index is 2.89. The van der Waals surface area contributed by atoms with Gasteiger partial charge < -0.3 is 4.74 Å². The summed E-state index contributed by atoms with van der Waals surface area (Å²) in [5.41, 5.74) is 2.74. The zero-order valence-electron chi connectivity index (χ0n) is 10.7. The average Bonchev–Trinajstić information content (AvgIpc) is 2.31. The van der Waals surface area contributed by atoms with Crippen molar-refractivity contribution in [2.75, 3.05) is 6.61 Å². The fourth-order valence-electron chi connectivity index (χ4n) is 1.52. The van der Waals surface area contributed by atoms with Gasteiger partial charge in [-0.3, -0.25) is 9.59 Å². The standard InChI is InChI=1S/C14H18O3/c1-5-17-14(16)11(4)13(15)12-7-6-9(2)10(3)8-12/h6-8,11H,5H2,1-4H3/t11-/m0/s1. The van der Waals surface area contributed by atoms with E-state index < -0.39 is 11.9 Å². The lowest BCUT2D eigenvalue weighted by Gasteiger charge is -2.10. The van der Waals surface area contributed by atoms with Crippen molar-refractivity contribution in [1.82, 2.24) is 0 Å². The Hall–Kier alpha value is -1.64. The van der Waals surface area contributed by atoms with Crippen molar-refractivity contribution in [2.45, 2.75) is 27.7 Å². The maximum absolute atomic E-state index is 12.0. The Labute approximate surface area is 102 Å². The highest BCUT2D eigenvalue weighted by molar-refractivity contribution is 6.08. The lowest BCUT2D eigenvalue weighted by atomic mass is 9.96. The molecule has 3 nitrogen and oxygen atoms in total. The number of aryl methyl sites for hydroxylation is 2. The third-order valence-electron chi connectivity index (χ3n) is 2.82. The lowest BCUT2D eigenvalue weighted by molar-refractivity contribution is -0.145. The van der Waals surface area contributed by atoms with E-state index in [1.54, 1.807) is 19.9 Å². The van der Waals surface area contributed by atoms with Crippen LogP contribution >= 0.6 is 0 Å². The van der Waals surface area contributed by atoms with Gasteiger partial charge in [-0.15, -0.1) is 0 Å². The number of ketones is 1. The van der Waals surface area contributed by atoms with Crippen LogP contribution in [0, 0.1) is 19.8 Å². The molecular formula is C14H18O3. The Morgan fingerprint density at radius 2 is 1.88 bits per heavy atom. The first kappa shape index (κ1) is 13.4. The van der Waals surface area contributed by atoms with Crippen molar-refractivity contribution in [3.63, 3.8) is 0 Å². The van der Waals surface area contributed by atoms with Crippen molar-refractivity contribution in [1.29, 1.82) is 0 Å². The first-order chi connectivity index (χ1) is 7.97. The number of carbonyl (C=O) groups is 2. The second-order valence-electron chi connectivity index (χ2n) is 4.14. The molecule has 0 aliphatic carbocycles. The Morgan fingerprint density at radius 3 is 2.41 bits per heavy atom. The summed E-state index contributed by atoms with van der Waals surface area (Å²) < 4.78 is 4.84. The van der Waals surface area contributed by atoms with Crippen molar-refractivity contribution < 1.29 is 14.3 Å². The maximum atomic E-state index is 12.0. The summed E-state index contributed by atoms with van der Waals surface area (Å²) in [7, 11) is 0. The van der Waals surface area contributed by atoms with Crippen molar-refractivity contribution in [2.24, 2.45) is 5.92 Å². The molecule has 0 saturated carbocycles. The molecule has 0 radical (unpaired) electrons. The minimum Gasteiger partial charge on any atom is -0.465 e. The normalized spacial score (nSPS) is 12.0. The lowest BCUT2D eigenvalue weighted by Crippen LogP contribution is -2.23. The molecule has 1 atom stereocenters. The monoisotopic (exact) mass is 234 g/mol. The second-order valence-corrected chi connectivity index (χ2v) is 4.14. The molecule has 0 N–H and O–H groups in total. The largest absolute Gasteiger partial charge is 0.465 e. The van der Waals surface area contributed by atoms with E-state index in [0.717, 1.165) is 11.1 Å². The van der Waals surface area contributed by atoms with Crippen molar-refractivity contribution >= 4 is 11.8 Å². The van der Waals surface area contributed by atoms with E-state index >= 15 is 0 Å². The molecule has 0 aromatic heterocycles. The number of carbonyl (C=O) groups excluding carboxylic acids is 2. The van der Waals surface area contributed by atoms with E-state index in [1.165, 1.54) is 0 Å². The van der Waals surface area contributed by atoms with E-state index in [4.69, 9.17) is 4.74 Å². The first-order valence-electron chi connectivity index (χ1n) is 5.75. The topological polar surface area (TPSA) is 43.4 Å². The Kier molecular flexibility index (Phi) is 4.44. The van der Waals surface area contributed by atoms with Gasteiger partial charge in [0.25, 0.3) is 0 Å². The molecule has 0 fully saturated rings. The fraction of sp³-hybridized carbons (Fsp3) is 0.429. The van der Waals surface area contributed by atoms with Crippen LogP contribution in [0.4, 0.5) is 0 Å². The highest BCUT2D eigenvalue weighted by atomic mass is 16.5. The molecule has 0 spiro atoms. The predicted molar refractivity (Wildman–Crippen MR) is 66.0 cm³/mol. The van der Waals surface area contributed by atoms with Crippen LogP contribution < -0.4 is 0 Å². The van der Waals surface area contributed by atoms with Crippen LogP contribution in [0.1, 0.15) is 35.3 Å². The minimum absolute atomic E-state index is 0.188. The Bertz CT molecular complexity index is 435. The SMILES string of the molecule is CCOC(=O)[C@@H](C)C(=O)c1ccc(C)c(C)c1. The molecule has 1 aromatic rings. The molecule has 1 aromatic carbocycles. The summed E-state index contributed by atoms with van der Waals surface area (Å²) in [6.45, 7) is 7.53. The van der Waals surface area contributed by atoms with Gasteiger partial charge in [0, 0.05) is 5.56 Å². The molecule has 0 bridgehead atoms. The molecule has 0 aliphatic heterocycles. The average molecular weight is 234 g/mol. The highest BCUT2D eigenvalue weighted by Crippen LogP contribution is 2.14. The summed E-state index contributed by atoms with van der Waals surface area (Å²) in [6, 6.07) is 5.45. The molecule has 0 unspecified atom stereocenters. The number of hydrogen-bond acceptors (Lipinski definition) is 3. The van der Waals surface area contributed by atoms with Gasteiger partial charge in [-0.2, -0.15) is 0 Å². The summed E-state index contributed by atoms with van der Waals surface area (Å²) in [4.78, 5) is 23.5. The molecule has 92 valence electrons. The predicted octanol–water partition coefficient (Wildman–Crippen LogP) is 2.69. The number of esters is 1. The molecule has 0 saturated heterocycles. The van der Waals surface area contributed by atoms with Gasteiger partial charge in [0.2, 0.25) is 0 Å². The second kappa shape index (κ2) is 5.62. The van der Waals surface area contributed by atoms with Crippen molar-refractivity contribution in [3.05, 3.63) is 34.9 Å². The van der Waals surface area contributed by atoms with Crippen LogP contribution in [0.15, 0.2) is 18.2 Å². The minimum atomic E-state index is -0.739. The van der Waals surface area contributed by atoms with Gasteiger partial charge in [-0.05, 0) is 44.9 Å². The zero-order valence-corrected chi connectivity index (χ0v) is 10.7. The summed E-state index contributed by atoms with van der Waals surface area (Å²) in [5, 5.41) is 0. The smallest absolute Gasteiger partial charge is 0.316 e. The molecule has 0 aliphatic rings. The van der Waals surface area contributed by atoms with Gasteiger partial charge in [-0.1, -0.05) is 12.1 Å². The van der Waals surface area contributed by atoms with E-state index in [0.29, 0.717) is 12.2 Å². The molecular weight excluding hydrogens is 216 g/mol. The van der Waals surface area contributed by atoms with Gasteiger partial charge in [-0.25, -0.2) is 0 Å². The van der Waals surface area contributed by atoms with Crippen molar-refractivity contribution in [3.8, 4) is 0 Å². The van der Waals surface area contributed by atoms with E-state index in [-0.39, 0.29) is 5.78 Å². The van der Waals surface area contributed by atoms with Gasteiger partial charge in [0.05, 0.1) is 6.61 Å². The summed E-state index contributed by atoms with van der Waals surface area (Å²) in [5.74, 6) is -1.39. The summed E-state index contributed by atoms with van der Waals surface area (Å²) in [6.07, 6.45) is 0. The van der Waals surface area contributed by atoms with Gasteiger partial charge >= 0.3 is 5.97 Å².